The Hall–Kier alpha value is -1.67. The molecule has 0 aliphatic rings. The van der Waals surface area contributed by atoms with Crippen LogP contribution in [0.4, 0.5) is 9.52 Å². The fraction of sp³-hybridized carbons (Fsp3) is 0.438. The Kier molecular flexibility index (Phi) is 6.17. The zero-order chi connectivity index (χ0) is 17.7. The van der Waals surface area contributed by atoms with Crippen molar-refractivity contribution in [3.63, 3.8) is 0 Å². The van der Waals surface area contributed by atoms with Crippen LogP contribution in [0.25, 0.3) is 0 Å². The Morgan fingerprint density at radius 1 is 1.29 bits per heavy atom. The van der Waals surface area contributed by atoms with Crippen molar-refractivity contribution in [2.45, 2.75) is 49.4 Å². The maximum absolute atomic E-state index is 12.9. The van der Waals surface area contributed by atoms with Gasteiger partial charge in [-0.25, -0.2) is 4.39 Å². The molecular formula is C16H21FN4OS2. The van der Waals surface area contributed by atoms with Crippen LogP contribution < -0.4 is 10.6 Å². The van der Waals surface area contributed by atoms with Crippen molar-refractivity contribution in [2.75, 3.05) is 5.32 Å². The van der Waals surface area contributed by atoms with Crippen LogP contribution in [-0.2, 0) is 11.3 Å². The number of nitrogens with zero attached hydrogens (tertiary/aromatic N) is 2. The van der Waals surface area contributed by atoms with E-state index >= 15 is 0 Å². The third kappa shape index (κ3) is 6.09. The molecule has 1 atom stereocenters. The van der Waals surface area contributed by atoms with Crippen LogP contribution in [0.3, 0.4) is 0 Å². The summed E-state index contributed by atoms with van der Waals surface area (Å²) in [6, 6.07) is 6.07. The molecule has 0 bridgehead atoms. The number of benzene rings is 1. The molecule has 8 heteroatoms. The minimum Gasteiger partial charge on any atom is -0.355 e. The number of aromatic nitrogens is 2. The molecule has 130 valence electrons. The maximum Gasteiger partial charge on any atom is 0.233 e. The summed E-state index contributed by atoms with van der Waals surface area (Å²) >= 11 is 2.80. The molecule has 2 aromatic rings. The van der Waals surface area contributed by atoms with Crippen molar-refractivity contribution in [1.82, 2.24) is 15.5 Å². The van der Waals surface area contributed by atoms with Gasteiger partial charge in [-0.05, 0) is 45.4 Å². The Labute approximate surface area is 149 Å². The Bertz CT molecular complexity index is 682. The lowest BCUT2D eigenvalue weighted by Gasteiger charge is -2.18. The van der Waals surface area contributed by atoms with Gasteiger partial charge in [-0.1, -0.05) is 35.2 Å². The standard InChI is InChI=1S/C16H21FN4OS2/c1-10(13(22)18-9-11-5-7-12(17)8-6-11)23-15-21-20-14(24-15)19-16(2,3)4/h5-8,10H,9H2,1-4H3,(H,18,22)(H,19,20). The van der Waals surface area contributed by atoms with E-state index in [4.69, 9.17) is 0 Å². The first kappa shape index (κ1) is 18.7. The SMILES string of the molecule is CC(Sc1nnc(NC(C)(C)C)s1)C(=O)NCc1ccc(F)cc1. The smallest absolute Gasteiger partial charge is 0.233 e. The van der Waals surface area contributed by atoms with Crippen molar-refractivity contribution in [3.05, 3.63) is 35.6 Å². The van der Waals surface area contributed by atoms with E-state index < -0.39 is 0 Å². The number of nitrogens with one attached hydrogen (secondary N) is 2. The van der Waals surface area contributed by atoms with E-state index in [9.17, 15) is 9.18 Å². The summed E-state index contributed by atoms with van der Waals surface area (Å²) in [5.41, 5.74) is 0.772. The first-order valence-corrected chi connectivity index (χ1v) is 9.23. The predicted octanol–water partition coefficient (Wildman–Crippen LogP) is 3.68. The van der Waals surface area contributed by atoms with Gasteiger partial charge in [-0.2, -0.15) is 0 Å². The summed E-state index contributed by atoms with van der Waals surface area (Å²) in [7, 11) is 0. The largest absolute Gasteiger partial charge is 0.355 e. The highest BCUT2D eigenvalue weighted by Crippen LogP contribution is 2.30. The third-order valence-electron chi connectivity index (χ3n) is 2.92. The van der Waals surface area contributed by atoms with Crippen LogP contribution in [-0.4, -0.2) is 26.9 Å². The summed E-state index contributed by atoms with van der Waals surface area (Å²) in [4.78, 5) is 12.2. The van der Waals surface area contributed by atoms with Gasteiger partial charge < -0.3 is 10.6 Å². The van der Waals surface area contributed by atoms with E-state index in [1.807, 2.05) is 27.7 Å². The normalized spacial score (nSPS) is 12.7. The Morgan fingerprint density at radius 3 is 2.58 bits per heavy atom. The van der Waals surface area contributed by atoms with Gasteiger partial charge in [0.05, 0.1) is 5.25 Å². The number of rotatable bonds is 6. The average molecular weight is 369 g/mol. The number of hydrogen-bond acceptors (Lipinski definition) is 6. The molecule has 0 aliphatic carbocycles. The summed E-state index contributed by atoms with van der Waals surface area (Å²) in [5.74, 6) is -0.380. The predicted molar refractivity (Wildman–Crippen MR) is 96.9 cm³/mol. The second-order valence-electron chi connectivity index (χ2n) is 6.35. The van der Waals surface area contributed by atoms with Crippen LogP contribution in [0.2, 0.25) is 0 Å². The highest BCUT2D eigenvalue weighted by atomic mass is 32.2. The molecule has 0 aliphatic heterocycles. The lowest BCUT2D eigenvalue weighted by Crippen LogP contribution is -2.30. The Morgan fingerprint density at radius 2 is 1.96 bits per heavy atom. The van der Waals surface area contributed by atoms with Gasteiger partial charge in [0.25, 0.3) is 0 Å². The zero-order valence-electron chi connectivity index (χ0n) is 14.1. The number of amides is 1. The van der Waals surface area contributed by atoms with Gasteiger partial charge >= 0.3 is 0 Å². The maximum atomic E-state index is 12.9. The van der Waals surface area contributed by atoms with E-state index in [1.165, 1.54) is 35.2 Å². The van der Waals surface area contributed by atoms with Crippen molar-refractivity contribution < 1.29 is 9.18 Å². The monoisotopic (exact) mass is 368 g/mol. The molecule has 0 spiro atoms. The van der Waals surface area contributed by atoms with Crippen LogP contribution in [0, 0.1) is 5.82 Å². The van der Waals surface area contributed by atoms with Crippen molar-refractivity contribution in [2.24, 2.45) is 0 Å². The number of halogens is 1. The van der Waals surface area contributed by atoms with Crippen molar-refractivity contribution in [1.29, 1.82) is 0 Å². The van der Waals surface area contributed by atoms with E-state index in [2.05, 4.69) is 20.8 Å². The summed E-state index contributed by atoms with van der Waals surface area (Å²) in [5, 5.41) is 14.7. The van der Waals surface area contributed by atoms with Gasteiger partial charge in [0, 0.05) is 12.1 Å². The topological polar surface area (TPSA) is 66.9 Å². The van der Waals surface area contributed by atoms with E-state index in [0.29, 0.717) is 6.54 Å². The number of thioether (sulfide) groups is 1. The number of anilines is 1. The molecule has 0 radical (unpaired) electrons. The molecule has 2 rings (SSSR count). The molecule has 2 N–H and O–H groups in total. The van der Waals surface area contributed by atoms with Crippen LogP contribution in [0.15, 0.2) is 28.6 Å². The van der Waals surface area contributed by atoms with Gasteiger partial charge in [-0.3, -0.25) is 4.79 Å². The highest BCUT2D eigenvalue weighted by molar-refractivity contribution is 8.02. The fourth-order valence-electron chi connectivity index (χ4n) is 1.77. The van der Waals surface area contributed by atoms with Gasteiger partial charge in [0.15, 0.2) is 4.34 Å². The number of hydrogen-bond donors (Lipinski definition) is 2. The quantitative estimate of drug-likeness (QED) is 0.761. The minimum atomic E-state index is -0.291. The second-order valence-corrected chi connectivity index (χ2v) is 8.92. The fourth-order valence-corrected chi connectivity index (χ4v) is 3.90. The van der Waals surface area contributed by atoms with Gasteiger partial charge in [-0.15, -0.1) is 10.2 Å². The first-order valence-electron chi connectivity index (χ1n) is 7.53. The highest BCUT2D eigenvalue weighted by Gasteiger charge is 2.18. The molecule has 5 nitrogen and oxygen atoms in total. The molecule has 1 aromatic heterocycles. The van der Waals surface area contributed by atoms with E-state index in [0.717, 1.165) is 15.0 Å². The van der Waals surface area contributed by atoms with Crippen molar-refractivity contribution >= 4 is 34.1 Å². The molecular weight excluding hydrogens is 347 g/mol. The molecule has 1 heterocycles. The van der Waals surface area contributed by atoms with E-state index in [1.54, 1.807) is 12.1 Å². The zero-order valence-corrected chi connectivity index (χ0v) is 15.7. The summed E-state index contributed by atoms with van der Waals surface area (Å²) in [6.07, 6.45) is 0. The summed E-state index contributed by atoms with van der Waals surface area (Å²) in [6.45, 7) is 8.34. The molecule has 1 aromatic carbocycles. The molecule has 0 fully saturated rings. The average Bonchev–Trinajstić information content (AvgIpc) is 2.91. The van der Waals surface area contributed by atoms with Crippen LogP contribution >= 0.6 is 23.1 Å². The van der Waals surface area contributed by atoms with Crippen LogP contribution in [0.1, 0.15) is 33.3 Å². The molecule has 0 saturated carbocycles. The second kappa shape index (κ2) is 7.94. The van der Waals surface area contributed by atoms with Gasteiger partial charge in [0.2, 0.25) is 11.0 Å². The lowest BCUT2D eigenvalue weighted by molar-refractivity contribution is -0.120. The summed E-state index contributed by atoms with van der Waals surface area (Å²) < 4.78 is 13.6. The number of carbonyl (C=O) groups is 1. The van der Waals surface area contributed by atoms with Crippen molar-refractivity contribution in [3.8, 4) is 0 Å². The molecule has 1 amide bonds. The minimum absolute atomic E-state index is 0.0837. The third-order valence-corrected chi connectivity index (χ3v) is 4.94. The van der Waals surface area contributed by atoms with Gasteiger partial charge in [0.1, 0.15) is 5.82 Å². The Balaban J connectivity index is 1.84. The molecule has 0 saturated heterocycles. The van der Waals surface area contributed by atoms with Crippen LogP contribution in [0.5, 0.6) is 0 Å². The molecule has 24 heavy (non-hydrogen) atoms. The first-order chi connectivity index (χ1) is 11.2. The molecule has 1 unspecified atom stereocenters. The number of carbonyl (C=O) groups excluding carboxylic acids is 1. The lowest BCUT2D eigenvalue weighted by atomic mass is 10.1. The van der Waals surface area contributed by atoms with E-state index in [-0.39, 0.29) is 22.5 Å².